The molecule has 0 radical (unpaired) electrons. The number of anilines is 3. The van der Waals surface area contributed by atoms with Gasteiger partial charge in [0, 0.05) is 22.4 Å². The van der Waals surface area contributed by atoms with Crippen molar-refractivity contribution in [1.29, 1.82) is 0 Å². The highest BCUT2D eigenvalue weighted by atomic mass is 16.5. The number of phenolic OH excluding ortho intramolecular Hbond substituents is 3. The molecule has 174 valence electrons. The fourth-order valence-electron chi connectivity index (χ4n) is 4.05. The van der Waals surface area contributed by atoms with Crippen LogP contribution in [0.15, 0.2) is 66.7 Å². The van der Waals surface area contributed by atoms with Crippen molar-refractivity contribution in [2.24, 2.45) is 0 Å². The quantitative estimate of drug-likeness (QED) is 0.289. The Bertz CT molecular complexity index is 1300. The van der Waals surface area contributed by atoms with Gasteiger partial charge in [-0.05, 0) is 94.3 Å². The molecule has 0 spiro atoms. The normalized spacial score (nSPS) is 10.9. The zero-order valence-electron chi connectivity index (χ0n) is 20.0. The van der Waals surface area contributed by atoms with E-state index in [-0.39, 0.29) is 17.2 Å². The summed E-state index contributed by atoms with van der Waals surface area (Å²) in [6.07, 6.45) is 0. The molecule has 0 fully saturated rings. The molecule has 0 saturated heterocycles. The Kier molecular flexibility index (Phi) is 6.12. The summed E-state index contributed by atoms with van der Waals surface area (Å²) in [7, 11) is 0. The van der Waals surface area contributed by atoms with Crippen molar-refractivity contribution in [3.8, 4) is 28.7 Å². The SMILES string of the molecule is Cc1ccc(N(c2ccc(Oc3cccc(O)c3C)cc2)c2ccc(C)c(O)c2C)c(C)c1O. The lowest BCUT2D eigenvalue weighted by Gasteiger charge is -2.29. The Morgan fingerprint density at radius 3 is 1.65 bits per heavy atom. The minimum absolute atomic E-state index is 0.185. The molecule has 0 aliphatic rings. The van der Waals surface area contributed by atoms with E-state index in [1.54, 1.807) is 19.1 Å². The van der Waals surface area contributed by atoms with Crippen molar-refractivity contribution >= 4 is 17.1 Å². The summed E-state index contributed by atoms with van der Waals surface area (Å²) in [5.41, 5.74) is 6.23. The molecule has 3 N–H and O–H groups in total. The molecule has 5 nitrogen and oxygen atoms in total. The van der Waals surface area contributed by atoms with E-state index in [0.717, 1.165) is 39.3 Å². The molecule has 0 atom stereocenters. The molecule has 0 unspecified atom stereocenters. The molecule has 0 aliphatic carbocycles. The first-order valence-electron chi connectivity index (χ1n) is 11.1. The fraction of sp³-hybridized carbons (Fsp3) is 0.172. The van der Waals surface area contributed by atoms with Crippen molar-refractivity contribution in [3.05, 3.63) is 94.5 Å². The van der Waals surface area contributed by atoms with Crippen LogP contribution in [-0.2, 0) is 0 Å². The number of aryl methyl sites for hydroxylation is 2. The van der Waals surface area contributed by atoms with E-state index in [2.05, 4.69) is 0 Å². The maximum Gasteiger partial charge on any atom is 0.134 e. The molecule has 0 aromatic heterocycles. The first kappa shape index (κ1) is 23.1. The summed E-state index contributed by atoms with van der Waals surface area (Å²) < 4.78 is 5.99. The molecule has 34 heavy (non-hydrogen) atoms. The van der Waals surface area contributed by atoms with Gasteiger partial charge in [0.1, 0.15) is 28.7 Å². The lowest BCUT2D eigenvalue weighted by Crippen LogP contribution is -2.13. The van der Waals surface area contributed by atoms with Crippen LogP contribution in [-0.4, -0.2) is 15.3 Å². The third-order valence-corrected chi connectivity index (χ3v) is 6.27. The molecular formula is C29H29NO4. The molecule has 0 heterocycles. The predicted octanol–water partition coefficient (Wildman–Crippen LogP) is 7.61. The van der Waals surface area contributed by atoms with E-state index in [4.69, 9.17) is 4.74 Å². The maximum absolute atomic E-state index is 10.6. The monoisotopic (exact) mass is 455 g/mol. The first-order valence-corrected chi connectivity index (χ1v) is 11.1. The van der Waals surface area contributed by atoms with Crippen molar-refractivity contribution in [2.45, 2.75) is 34.6 Å². The Morgan fingerprint density at radius 2 is 1.12 bits per heavy atom. The Hall–Kier alpha value is -4.12. The van der Waals surface area contributed by atoms with Gasteiger partial charge in [0.15, 0.2) is 0 Å². The number of hydrogen-bond acceptors (Lipinski definition) is 5. The lowest BCUT2D eigenvalue weighted by atomic mass is 10.0. The summed E-state index contributed by atoms with van der Waals surface area (Å²) in [4.78, 5) is 2.02. The highest BCUT2D eigenvalue weighted by Crippen LogP contribution is 2.44. The van der Waals surface area contributed by atoms with Crippen LogP contribution in [0.1, 0.15) is 27.8 Å². The van der Waals surface area contributed by atoms with Crippen LogP contribution in [0.2, 0.25) is 0 Å². The van der Waals surface area contributed by atoms with Crippen molar-refractivity contribution in [2.75, 3.05) is 4.90 Å². The lowest BCUT2D eigenvalue weighted by molar-refractivity contribution is 0.448. The molecule has 5 heteroatoms. The highest BCUT2D eigenvalue weighted by molar-refractivity contribution is 5.82. The average molecular weight is 456 g/mol. The number of phenols is 3. The van der Waals surface area contributed by atoms with Crippen LogP contribution < -0.4 is 9.64 Å². The summed E-state index contributed by atoms with van der Waals surface area (Å²) in [6.45, 7) is 9.32. The van der Waals surface area contributed by atoms with E-state index < -0.39 is 0 Å². The van der Waals surface area contributed by atoms with Gasteiger partial charge in [-0.3, -0.25) is 0 Å². The number of rotatable bonds is 5. The maximum atomic E-state index is 10.6. The van der Waals surface area contributed by atoms with E-state index in [1.807, 2.05) is 87.2 Å². The van der Waals surface area contributed by atoms with Gasteiger partial charge in [0.2, 0.25) is 0 Å². The molecule has 4 aromatic carbocycles. The molecular weight excluding hydrogens is 426 g/mol. The summed E-state index contributed by atoms with van der Waals surface area (Å²) >= 11 is 0. The Morgan fingerprint density at radius 1 is 0.588 bits per heavy atom. The van der Waals surface area contributed by atoms with Crippen LogP contribution in [0.25, 0.3) is 0 Å². The first-order chi connectivity index (χ1) is 16.2. The van der Waals surface area contributed by atoms with Crippen molar-refractivity contribution < 1.29 is 20.1 Å². The van der Waals surface area contributed by atoms with Gasteiger partial charge in [0.25, 0.3) is 0 Å². The van der Waals surface area contributed by atoms with E-state index >= 15 is 0 Å². The summed E-state index contributed by atoms with van der Waals surface area (Å²) in [6, 6.07) is 20.5. The second kappa shape index (κ2) is 9.02. The van der Waals surface area contributed by atoms with E-state index in [0.29, 0.717) is 17.1 Å². The van der Waals surface area contributed by atoms with Crippen molar-refractivity contribution in [1.82, 2.24) is 0 Å². The third kappa shape index (κ3) is 4.13. The fourth-order valence-corrected chi connectivity index (χ4v) is 4.05. The standard InChI is InChI=1S/C29H29NO4/c1-17-9-15-24(19(3)28(17)32)30(25-16-10-18(2)29(33)20(25)4)22-11-13-23(14-12-22)34-27-8-6-7-26(31)21(27)5/h6-16,31-33H,1-5H3. The zero-order valence-corrected chi connectivity index (χ0v) is 20.0. The minimum Gasteiger partial charge on any atom is -0.508 e. The number of hydrogen-bond donors (Lipinski definition) is 3. The Labute approximate surface area is 200 Å². The molecule has 0 bridgehead atoms. The van der Waals surface area contributed by atoms with Gasteiger partial charge in [-0.1, -0.05) is 18.2 Å². The predicted molar refractivity (Wildman–Crippen MR) is 136 cm³/mol. The van der Waals surface area contributed by atoms with Gasteiger partial charge >= 0.3 is 0 Å². The van der Waals surface area contributed by atoms with Crippen LogP contribution in [0.4, 0.5) is 17.1 Å². The molecule has 0 aliphatic heterocycles. The molecule has 0 amide bonds. The molecule has 4 aromatic rings. The van der Waals surface area contributed by atoms with E-state index in [9.17, 15) is 15.3 Å². The number of ether oxygens (including phenoxy) is 1. The van der Waals surface area contributed by atoms with Gasteiger partial charge in [0.05, 0.1) is 11.4 Å². The number of nitrogens with zero attached hydrogens (tertiary/aromatic N) is 1. The van der Waals surface area contributed by atoms with Gasteiger partial charge in [-0.2, -0.15) is 0 Å². The van der Waals surface area contributed by atoms with Gasteiger partial charge in [-0.15, -0.1) is 0 Å². The second-order valence-electron chi connectivity index (χ2n) is 8.58. The van der Waals surface area contributed by atoms with E-state index in [1.165, 1.54) is 0 Å². The summed E-state index contributed by atoms with van der Waals surface area (Å²) in [5.74, 6) is 1.89. The topological polar surface area (TPSA) is 73.2 Å². The number of benzene rings is 4. The molecule has 4 rings (SSSR count). The molecule has 0 saturated carbocycles. The van der Waals surface area contributed by atoms with Crippen LogP contribution in [0.5, 0.6) is 28.7 Å². The van der Waals surface area contributed by atoms with Crippen LogP contribution >= 0.6 is 0 Å². The average Bonchev–Trinajstić information content (AvgIpc) is 2.83. The van der Waals surface area contributed by atoms with Crippen LogP contribution in [0, 0.1) is 34.6 Å². The van der Waals surface area contributed by atoms with Gasteiger partial charge < -0.3 is 25.0 Å². The smallest absolute Gasteiger partial charge is 0.134 e. The van der Waals surface area contributed by atoms with Crippen molar-refractivity contribution in [3.63, 3.8) is 0 Å². The Balaban J connectivity index is 1.81. The van der Waals surface area contributed by atoms with Gasteiger partial charge in [-0.25, -0.2) is 0 Å². The largest absolute Gasteiger partial charge is 0.508 e. The second-order valence-corrected chi connectivity index (χ2v) is 8.58. The zero-order chi connectivity index (χ0) is 24.6. The number of aromatic hydroxyl groups is 3. The summed E-state index contributed by atoms with van der Waals surface area (Å²) in [5, 5.41) is 31.2. The van der Waals surface area contributed by atoms with Crippen LogP contribution in [0.3, 0.4) is 0 Å². The highest BCUT2D eigenvalue weighted by Gasteiger charge is 2.21. The third-order valence-electron chi connectivity index (χ3n) is 6.27. The minimum atomic E-state index is 0.185.